The van der Waals surface area contributed by atoms with Gasteiger partial charge in [0.2, 0.25) is 0 Å². The minimum absolute atomic E-state index is 0.0663. The Morgan fingerprint density at radius 3 is 2.79 bits per heavy atom. The van der Waals surface area contributed by atoms with Crippen LogP contribution in [-0.2, 0) is 17.6 Å². The molecule has 3 aromatic heterocycles. The summed E-state index contributed by atoms with van der Waals surface area (Å²) in [6.07, 6.45) is 11.3. The molecule has 0 spiro atoms. The average Bonchev–Trinajstić information content (AvgIpc) is 3.20. The van der Waals surface area contributed by atoms with E-state index in [0.29, 0.717) is 24.0 Å². The van der Waals surface area contributed by atoms with Crippen molar-refractivity contribution in [3.63, 3.8) is 0 Å². The maximum atomic E-state index is 12.5. The lowest BCUT2D eigenvalue weighted by atomic mass is 9.91. The third-order valence-corrected chi connectivity index (χ3v) is 6.07. The molecular formula is C26H34N6O2. The lowest BCUT2D eigenvalue weighted by Crippen LogP contribution is -2.27. The fourth-order valence-corrected chi connectivity index (χ4v) is 4.05. The van der Waals surface area contributed by atoms with Gasteiger partial charge in [-0.2, -0.15) is 0 Å². The Kier molecular flexibility index (Phi) is 7.24. The van der Waals surface area contributed by atoms with Crippen LogP contribution in [0.2, 0.25) is 0 Å². The molecule has 1 atom stereocenters. The molecule has 0 unspecified atom stereocenters. The van der Waals surface area contributed by atoms with Gasteiger partial charge in [0.05, 0.1) is 11.4 Å². The van der Waals surface area contributed by atoms with E-state index in [1.807, 2.05) is 25.3 Å². The normalized spacial score (nSPS) is 15.5. The predicted octanol–water partition coefficient (Wildman–Crippen LogP) is 4.57. The van der Waals surface area contributed by atoms with Crippen molar-refractivity contribution in [2.24, 2.45) is 5.41 Å². The van der Waals surface area contributed by atoms with Crippen LogP contribution in [0.5, 0.6) is 0 Å². The largest absolute Gasteiger partial charge is 0.367 e. The molecule has 34 heavy (non-hydrogen) atoms. The minimum Gasteiger partial charge on any atom is -0.367 e. The van der Waals surface area contributed by atoms with Gasteiger partial charge >= 0.3 is 5.97 Å². The predicted molar refractivity (Wildman–Crippen MR) is 131 cm³/mol. The smallest absolute Gasteiger partial charge is 0.334 e. The molecule has 8 heteroatoms. The van der Waals surface area contributed by atoms with Crippen molar-refractivity contribution in [3.05, 3.63) is 53.9 Å². The van der Waals surface area contributed by atoms with Crippen molar-refractivity contribution in [2.75, 3.05) is 5.32 Å². The van der Waals surface area contributed by atoms with E-state index in [1.54, 1.807) is 12.4 Å². The van der Waals surface area contributed by atoms with E-state index in [9.17, 15) is 4.79 Å². The zero-order valence-corrected chi connectivity index (χ0v) is 20.5. The monoisotopic (exact) mass is 462 g/mol. The number of carbonyl (C=O) groups excluding carboxylic acids is 1. The molecule has 1 N–H and O–H groups in total. The standard InChI is InChI=1S/C26H34N6O2/c1-18-28-16-20(17-29-18)23-15-22(32(31-23)34-24(33)12-13-26(2,3)4)9-5-8-21-11-10-19-7-6-14-27-25(19)30-21/h6-7,14-17,21H,5,8-13H2,1-4H3,(H,27,30)/t21-/m0/s1. The Bertz CT molecular complexity index is 1120. The molecule has 180 valence electrons. The SMILES string of the molecule is Cc1ncc(-c2cc(CCC[C@H]3CCc4cccnc4N3)n(OC(=O)CCC(C)(C)C)n2)cn1. The molecule has 0 saturated carbocycles. The van der Waals surface area contributed by atoms with Crippen molar-refractivity contribution in [2.45, 2.75) is 78.7 Å². The summed E-state index contributed by atoms with van der Waals surface area (Å²) in [5.41, 5.74) is 3.72. The molecule has 0 aliphatic carbocycles. The molecule has 1 aliphatic heterocycles. The van der Waals surface area contributed by atoms with Gasteiger partial charge in [-0.15, -0.1) is 5.10 Å². The molecule has 0 radical (unpaired) electrons. The topological polar surface area (TPSA) is 94.8 Å². The summed E-state index contributed by atoms with van der Waals surface area (Å²) >= 11 is 0. The van der Waals surface area contributed by atoms with Crippen LogP contribution < -0.4 is 10.2 Å². The summed E-state index contributed by atoms with van der Waals surface area (Å²) in [6, 6.07) is 6.48. The Morgan fingerprint density at radius 1 is 1.24 bits per heavy atom. The third-order valence-electron chi connectivity index (χ3n) is 6.07. The number of anilines is 1. The molecular weight excluding hydrogens is 428 g/mol. The highest BCUT2D eigenvalue weighted by atomic mass is 16.7. The second kappa shape index (κ2) is 10.3. The fraction of sp³-hybridized carbons (Fsp3) is 0.500. The van der Waals surface area contributed by atoms with Gasteiger partial charge in [-0.05, 0) is 68.6 Å². The number of fused-ring (bicyclic) bond motifs is 1. The average molecular weight is 463 g/mol. The molecule has 4 rings (SSSR count). The van der Waals surface area contributed by atoms with Gasteiger partial charge in [-0.1, -0.05) is 31.7 Å². The lowest BCUT2D eigenvalue weighted by Gasteiger charge is -2.25. The highest BCUT2D eigenvalue weighted by Gasteiger charge is 2.20. The Hall–Kier alpha value is -3.29. The fourth-order valence-electron chi connectivity index (χ4n) is 4.05. The van der Waals surface area contributed by atoms with Crippen molar-refractivity contribution in [1.29, 1.82) is 0 Å². The number of nitrogens with zero attached hydrogens (tertiary/aromatic N) is 5. The van der Waals surface area contributed by atoms with E-state index < -0.39 is 0 Å². The van der Waals surface area contributed by atoms with Crippen molar-refractivity contribution < 1.29 is 9.63 Å². The van der Waals surface area contributed by atoms with Crippen LogP contribution in [-0.4, -0.2) is 36.9 Å². The zero-order chi connectivity index (χ0) is 24.1. The first-order valence-electron chi connectivity index (χ1n) is 12.1. The molecule has 0 fully saturated rings. The van der Waals surface area contributed by atoms with Crippen molar-refractivity contribution >= 4 is 11.8 Å². The van der Waals surface area contributed by atoms with Gasteiger partial charge in [0.25, 0.3) is 0 Å². The molecule has 0 aromatic carbocycles. The molecule has 4 heterocycles. The lowest BCUT2D eigenvalue weighted by molar-refractivity contribution is -0.146. The quantitative estimate of drug-likeness (QED) is 0.524. The van der Waals surface area contributed by atoms with Crippen LogP contribution in [0.25, 0.3) is 11.3 Å². The summed E-state index contributed by atoms with van der Waals surface area (Å²) in [5, 5.41) is 8.12. The van der Waals surface area contributed by atoms with E-state index in [2.05, 4.69) is 52.2 Å². The number of carbonyl (C=O) groups is 1. The summed E-state index contributed by atoms with van der Waals surface area (Å²) in [6.45, 7) is 8.19. The molecule has 0 bridgehead atoms. The molecule has 0 saturated heterocycles. The first-order chi connectivity index (χ1) is 16.3. The Morgan fingerprint density at radius 2 is 2.03 bits per heavy atom. The van der Waals surface area contributed by atoms with Crippen molar-refractivity contribution in [3.8, 4) is 11.3 Å². The first kappa shape index (κ1) is 23.9. The van der Waals surface area contributed by atoms with E-state index in [4.69, 9.17) is 4.84 Å². The summed E-state index contributed by atoms with van der Waals surface area (Å²) < 4.78 is 0. The van der Waals surface area contributed by atoms with Crippen LogP contribution in [0.1, 0.15) is 70.0 Å². The van der Waals surface area contributed by atoms with Crippen LogP contribution in [0, 0.1) is 12.3 Å². The molecule has 8 nitrogen and oxygen atoms in total. The zero-order valence-electron chi connectivity index (χ0n) is 20.5. The van der Waals surface area contributed by atoms with Gasteiger partial charge in [0.1, 0.15) is 11.6 Å². The summed E-state index contributed by atoms with van der Waals surface area (Å²) in [4.78, 5) is 32.6. The molecule has 3 aromatic rings. The number of hydrogen-bond donors (Lipinski definition) is 1. The first-order valence-corrected chi connectivity index (χ1v) is 12.1. The van der Waals surface area contributed by atoms with E-state index in [1.165, 1.54) is 10.4 Å². The van der Waals surface area contributed by atoms with Gasteiger partial charge in [0, 0.05) is 36.6 Å². The second-order valence-corrected chi connectivity index (χ2v) is 10.2. The van der Waals surface area contributed by atoms with E-state index in [0.717, 1.165) is 55.6 Å². The minimum atomic E-state index is -0.275. The van der Waals surface area contributed by atoms with E-state index in [-0.39, 0.29) is 11.4 Å². The number of hydrogen-bond acceptors (Lipinski definition) is 7. The van der Waals surface area contributed by atoms with Crippen LogP contribution in [0.4, 0.5) is 5.82 Å². The summed E-state index contributed by atoms with van der Waals surface area (Å²) in [7, 11) is 0. The van der Waals surface area contributed by atoms with E-state index >= 15 is 0 Å². The van der Waals surface area contributed by atoms with Gasteiger partial charge < -0.3 is 10.2 Å². The van der Waals surface area contributed by atoms with Crippen LogP contribution in [0.15, 0.2) is 36.8 Å². The Labute approximate surface area is 201 Å². The second-order valence-electron chi connectivity index (χ2n) is 10.2. The number of rotatable bonds is 8. The van der Waals surface area contributed by atoms with Crippen LogP contribution >= 0.6 is 0 Å². The highest BCUT2D eigenvalue weighted by Crippen LogP contribution is 2.25. The maximum Gasteiger partial charge on any atom is 0.334 e. The third kappa shape index (κ3) is 6.40. The van der Waals surface area contributed by atoms with Gasteiger partial charge in [0.15, 0.2) is 0 Å². The molecule has 0 amide bonds. The molecule has 1 aliphatic rings. The van der Waals surface area contributed by atoms with Crippen molar-refractivity contribution in [1.82, 2.24) is 24.9 Å². The Balaban J connectivity index is 1.42. The number of aryl methyl sites for hydroxylation is 3. The summed E-state index contributed by atoms with van der Waals surface area (Å²) in [5.74, 6) is 1.42. The van der Waals surface area contributed by atoms with Gasteiger partial charge in [-0.25, -0.2) is 19.7 Å². The number of pyridine rings is 1. The maximum absolute atomic E-state index is 12.5. The highest BCUT2D eigenvalue weighted by molar-refractivity contribution is 5.69. The van der Waals surface area contributed by atoms with Gasteiger partial charge in [-0.3, -0.25) is 0 Å². The number of aromatic nitrogens is 5. The number of nitrogens with one attached hydrogen (secondary N) is 1. The van der Waals surface area contributed by atoms with Crippen LogP contribution in [0.3, 0.4) is 0 Å².